The molecule has 2 saturated heterocycles. The maximum atomic E-state index is 12.5. The molecule has 6 rings (SSSR count). The molecule has 1 aliphatic carbocycles. The predicted octanol–water partition coefficient (Wildman–Crippen LogP) is 1.85. The first kappa shape index (κ1) is 28.3. The second-order valence-corrected chi connectivity index (χ2v) is 11.6. The lowest BCUT2D eigenvalue weighted by Crippen LogP contribution is -2.43. The number of amides is 2. The summed E-state index contributed by atoms with van der Waals surface area (Å²) in [6, 6.07) is 7.54. The minimum Gasteiger partial charge on any atom is -0.410 e. The van der Waals surface area contributed by atoms with Crippen molar-refractivity contribution in [2.24, 2.45) is 5.92 Å². The van der Waals surface area contributed by atoms with Crippen LogP contribution in [0.1, 0.15) is 56.1 Å². The van der Waals surface area contributed by atoms with Crippen molar-refractivity contribution in [2.75, 3.05) is 18.8 Å². The molecule has 1 saturated carbocycles. The van der Waals surface area contributed by atoms with Crippen LogP contribution in [-0.2, 0) is 16.0 Å². The summed E-state index contributed by atoms with van der Waals surface area (Å²) >= 11 is 0. The van der Waals surface area contributed by atoms with Gasteiger partial charge in [-0.1, -0.05) is 17.7 Å². The van der Waals surface area contributed by atoms with E-state index in [9.17, 15) is 19.8 Å². The number of nitrogens with zero attached hydrogens (tertiary/aromatic N) is 5. The predicted molar refractivity (Wildman–Crippen MR) is 151 cm³/mol. The molecule has 1 aromatic carbocycles. The molecule has 3 fully saturated rings. The number of nitrogens with two attached hydrogens (primary N) is 1. The van der Waals surface area contributed by atoms with E-state index in [1.54, 1.807) is 17.0 Å². The van der Waals surface area contributed by atoms with E-state index in [1.807, 2.05) is 19.1 Å². The fraction of sp³-hybridized carbons (Fsp3) is 0.552. The Morgan fingerprint density at radius 1 is 1.10 bits per heavy atom. The lowest BCUT2D eigenvalue weighted by molar-refractivity contribution is -0.137. The van der Waals surface area contributed by atoms with Crippen molar-refractivity contribution < 1.29 is 29.3 Å². The molecule has 13 heteroatoms. The molecular formula is C29H37N7O6. The van der Waals surface area contributed by atoms with Gasteiger partial charge in [0.25, 0.3) is 5.91 Å². The van der Waals surface area contributed by atoms with Crippen LogP contribution in [0.4, 0.5) is 10.6 Å². The van der Waals surface area contributed by atoms with Crippen molar-refractivity contribution in [2.45, 2.75) is 82.5 Å². The topological polar surface area (TPSA) is 178 Å². The molecule has 224 valence electrons. The van der Waals surface area contributed by atoms with Crippen LogP contribution in [-0.4, -0.2) is 84.1 Å². The first-order chi connectivity index (χ1) is 20.3. The number of benzene rings is 1. The summed E-state index contributed by atoms with van der Waals surface area (Å²) in [6.07, 6.45) is 2.09. The van der Waals surface area contributed by atoms with E-state index in [0.717, 1.165) is 44.1 Å². The number of rotatable bonds is 8. The average Bonchev–Trinajstić information content (AvgIpc) is 3.61. The molecule has 1 unspecified atom stereocenters. The Morgan fingerprint density at radius 3 is 2.55 bits per heavy atom. The minimum atomic E-state index is -1.39. The third-order valence-corrected chi connectivity index (χ3v) is 8.30. The highest BCUT2D eigenvalue weighted by Crippen LogP contribution is 2.33. The average molecular weight is 580 g/mol. The minimum absolute atomic E-state index is 0.0989. The number of aromatic nitrogens is 4. The van der Waals surface area contributed by atoms with E-state index < -0.39 is 30.4 Å². The summed E-state index contributed by atoms with van der Waals surface area (Å²) in [5, 5.41) is 24.0. The van der Waals surface area contributed by atoms with Gasteiger partial charge in [0.05, 0.1) is 6.33 Å². The van der Waals surface area contributed by atoms with Gasteiger partial charge in [-0.15, -0.1) is 0 Å². The van der Waals surface area contributed by atoms with Gasteiger partial charge in [-0.2, -0.15) is 0 Å². The van der Waals surface area contributed by atoms with Gasteiger partial charge in [0.1, 0.15) is 29.3 Å². The molecule has 4 heterocycles. The highest BCUT2D eigenvalue weighted by molar-refractivity contribution is 5.83. The van der Waals surface area contributed by atoms with Gasteiger partial charge in [0.2, 0.25) is 0 Å². The normalized spacial score (nSPS) is 24.7. The molecule has 0 spiro atoms. The Bertz CT molecular complexity index is 1430. The molecule has 0 radical (unpaired) electrons. The number of aryl methyl sites for hydroxylation is 2. The van der Waals surface area contributed by atoms with E-state index in [2.05, 4.69) is 20.3 Å². The van der Waals surface area contributed by atoms with Crippen LogP contribution >= 0.6 is 0 Å². The highest BCUT2D eigenvalue weighted by Gasteiger charge is 2.48. The van der Waals surface area contributed by atoms with Crippen LogP contribution in [0.5, 0.6) is 5.75 Å². The summed E-state index contributed by atoms with van der Waals surface area (Å²) in [7, 11) is 0. The van der Waals surface area contributed by atoms with Crippen LogP contribution in [0, 0.1) is 12.8 Å². The number of nitrogen functional groups attached to an aromatic ring is 1. The zero-order valence-electron chi connectivity index (χ0n) is 23.6. The maximum Gasteiger partial charge on any atom is 0.415 e. The maximum absolute atomic E-state index is 12.5. The van der Waals surface area contributed by atoms with E-state index in [0.29, 0.717) is 48.2 Å². The first-order valence-electron chi connectivity index (χ1n) is 14.6. The molecule has 3 aromatic rings. The third kappa shape index (κ3) is 6.03. The van der Waals surface area contributed by atoms with Gasteiger partial charge in [-0.25, -0.2) is 19.7 Å². The number of carbonyl (C=O) groups excluding carboxylic acids is 2. The summed E-state index contributed by atoms with van der Waals surface area (Å²) < 4.78 is 12.8. The zero-order chi connectivity index (χ0) is 29.4. The molecular weight excluding hydrogens is 542 g/mol. The van der Waals surface area contributed by atoms with Crippen molar-refractivity contribution in [3.8, 4) is 5.75 Å². The largest absolute Gasteiger partial charge is 0.415 e. The molecule has 2 aliphatic heterocycles. The van der Waals surface area contributed by atoms with Crippen molar-refractivity contribution in [1.82, 2.24) is 29.7 Å². The SMILES string of the molecule is Cc1ccc(OC(=O)N2CCC(CCCc3nc(N)c4ncn([C@@H]5O[C@H](C(=O)NC6CC6)[C@H](O)C5O)c4n3)CC2)cc1. The molecule has 0 bridgehead atoms. The number of nitrogens with one attached hydrogen (secondary N) is 1. The molecule has 2 aromatic heterocycles. The number of ether oxygens (including phenoxy) is 2. The third-order valence-electron chi connectivity index (χ3n) is 8.30. The number of carbonyl (C=O) groups is 2. The van der Waals surface area contributed by atoms with Crippen LogP contribution in [0.25, 0.3) is 11.2 Å². The summed E-state index contributed by atoms with van der Waals surface area (Å²) in [5.41, 5.74) is 8.04. The Hall–Kier alpha value is -3.81. The first-order valence-corrected chi connectivity index (χ1v) is 14.6. The monoisotopic (exact) mass is 579 g/mol. The molecule has 2 amide bonds. The van der Waals surface area contributed by atoms with Crippen LogP contribution in [0.3, 0.4) is 0 Å². The summed E-state index contributed by atoms with van der Waals surface area (Å²) in [6.45, 7) is 3.29. The van der Waals surface area contributed by atoms with Crippen molar-refractivity contribution in [3.63, 3.8) is 0 Å². The fourth-order valence-electron chi connectivity index (χ4n) is 5.62. The Morgan fingerprint density at radius 2 is 1.83 bits per heavy atom. The fourth-order valence-corrected chi connectivity index (χ4v) is 5.62. The molecule has 3 aliphatic rings. The van der Waals surface area contributed by atoms with Gasteiger partial charge in [-0.3, -0.25) is 9.36 Å². The van der Waals surface area contributed by atoms with Gasteiger partial charge in [0.15, 0.2) is 23.8 Å². The number of piperidine rings is 1. The summed E-state index contributed by atoms with van der Waals surface area (Å²) in [4.78, 5) is 40.2. The number of hydrogen-bond donors (Lipinski definition) is 4. The van der Waals surface area contributed by atoms with E-state index in [4.69, 9.17) is 15.2 Å². The number of anilines is 1. The van der Waals surface area contributed by atoms with Crippen molar-refractivity contribution in [3.05, 3.63) is 42.0 Å². The zero-order valence-corrected chi connectivity index (χ0v) is 23.6. The number of likely N-dealkylation sites (tertiary alicyclic amines) is 1. The number of imidazole rings is 1. The number of aliphatic hydroxyl groups is 2. The molecule has 42 heavy (non-hydrogen) atoms. The molecule has 4 atom stereocenters. The van der Waals surface area contributed by atoms with Gasteiger partial charge in [-0.05, 0) is 63.5 Å². The number of aliphatic hydroxyl groups excluding tert-OH is 2. The lowest BCUT2D eigenvalue weighted by Gasteiger charge is -2.31. The number of hydrogen-bond acceptors (Lipinski definition) is 10. The standard InChI is InChI=1S/C29H37N7O6/c1-16-5-9-19(10-6-16)41-29(40)35-13-11-17(12-14-35)3-2-4-20-33-25(30)21-26(34-20)36(15-31-21)28-23(38)22(37)24(42-28)27(39)32-18-7-8-18/h5-6,9-10,15,17-18,22-24,28,37-38H,2-4,7-8,11-14H2,1H3,(H,32,39)(H2,30,33,34)/t22-,23?,24+,28-/m1/s1. The second kappa shape index (κ2) is 11.8. The van der Waals surface area contributed by atoms with Crippen LogP contribution < -0.4 is 15.8 Å². The Labute approximate surface area is 243 Å². The summed E-state index contributed by atoms with van der Waals surface area (Å²) in [5.74, 6) is 1.33. The van der Waals surface area contributed by atoms with Gasteiger partial charge in [0, 0.05) is 25.6 Å². The van der Waals surface area contributed by atoms with E-state index in [1.165, 1.54) is 10.9 Å². The number of fused-ring (bicyclic) bond motifs is 1. The van der Waals surface area contributed by atoms with Crippen LogP contribution in [0.2, 0.25) is 0 Å². The second-order valence-electron chi connectivity index (χ2n) is 11.6. The highest BCUT2D eigenvalue weighted by atomic mass is 16.6. The Kier molecular flexibility index (Phi) is 7.97. The van der Waals surface area contributed by atoms with Crippen LogP contribution in [0.15, 0.2) is 30.6 Å². The molecule has 13 nitrogen and oxygen atoms in total. The van der Waals surface area contributed by atoms with E-state index >= 15 is 0 Å². The lowest BCUT2D eigenvalue weighted by atomic mass is 9.91. The molecule has 5 N–H and O–H groups in total. The van der Waals surface area contributed by atoms with Gasteiger partial charge >= 0.3 is 6.09 Å². The quantitative estimate of drug-likeness (QED) is 0.308. The van der Waals surface area contributed by atoms with Crippen molar-refractivity contribution in [1.29, 1.82) is 0 Å². The van der Waals surface area contributed by atoms with Crippen molar-refractivity contribution >= 4 is 29.0 Å². The van der Waals surface area contributed by atoms with Gasteiger partial charge < -0.3 is 35.6 Å². The Balaban J connectivity index is 1.03. The smallest absolute Gasteiger partial charge is 0.410 e. The van der Waals surface area contributed by atoms with E-state index in [-0.39, 0.29) is 18.0 Å².